The van der Waals surface area contributed by atoms with Crippen LogP contribution in [-0.2, 0) is 10.1 Å². The Bertz CT molecular complexity index is 982. The third kappa shape index (κ3) is 4.63. The first kappa shape index (κ1) is 17.1. The number of aromatic nitrogens is 3. The second kappa shape index (κ2) is 7.01. The van der Waals surface area contributed by atoms with E-state index < -0.39 is 10.1 Å². The molecule has 0 aliphatic heterocycles. The average molecular weight is 379 g/mol. The molecule has 0 aliphatic rings. The number of nitrogens with zero attached hydrogens (tertiary/aromatic N) is 3. The van der Waals surface area contributed by atoms with E-state index in [9.17, 15) is 8.42 Å². The van der Waals surface area contributed by atoms with Crippen LogP contribution in [0.25, 0.3) is 0 Å². The third-order valence-electron chi connectivity index (χ3n) is 2.95. The number of benzene rings is 2. The van der Waals surface area contributed by atoms with Crippen LogP contribution >= 0.6 is 11.6 Å². The lowest BCUT2D eigenvalue weighted by atomic mass is 10.3. The molecule has 25 heavy (non-hydrogen) atoms. The zero-order valence-electron chi connectivity index (χ0n) is 12.5. The van der Waals surface area contributed by atoms with Gasteiger partial charge in [0.25, 0.3) is 10.1 Å². The SMILES string of the molecule is O=S(=O)(O)c1ccc(Nc2nc(Cl)nc(Oc3ccccc3)n2)cc1. The summed E-state index contributed by atoms with van der Waals surface area (Å²) in [6.45, 7) is 0. The Labute approximate surface area is 148 Å². The van der Waals surface area contributed by atoms with E-state index in [0.29, 0.717) is 11.4 Å². The van der Waals surface area contributed by atoms with E-state index in [2.05, 4.69) is 20.3 Å². The highest BCUT2D eigenvalue weighted by molar-refractivity contribution is 7.85. The van der Waals surface area contributed by atoms with Crippen molar-refractivity contribution in [1.82, 2.24) is 15.0 Å². The fraction of sp³-hybridized carbons (Fsp3) is 0. The summed E-state index contributed by atoms with van der Waals surface area (Å²) in [7, 11) is -4.25. The van der Waals surface area contributed by atoms with Crippen LogP contribution < -0.4 is 10.1 Å². The van der Waals surface area contributed by atoms with E-state index in [0.717, 1.165) is 0 Å². The number of rotatable bonds is 5. The first-order valence-electron chi connectivity index (χ1n) is 6.89. The van der Waals surface area contributed by atoms with Crippen LogP contribution in [0.3, 0.4) is 0 Å². The van der Waals surface area contributed by atoms with Crippen LogP contribution in [-0.4, -0.2) is 27.9 Å². The lowest BCUT2D eigenvalue weighted by molar-refractivity contribution is 0.440. The molecule has 0 saturated heterocycles. The summed E-state index contributed by atoms with van der Waals surface area (Å²) in [5.74, 6) is 0.652. The van der Waals surface area contributed by atoms with Gasteiger partial charge in [-0.05, 0) is 48.0 Å². The molecule has 128 valence electrons. The molecule has 3 rings (SSSR count). The number of ether oxygens (including phenoxy) is 1. The molecule has 8 nitrogen and oxygen atoms in total. The molecule has 0 aliphatic carbocycles. The fourth-order valence-electron chi connectivity index (χ4n) is 1.87. The minimum absolute atomic E-state index is 0.00301. The Kier molecular flexibility index (Phi) is 4.79. The van der Waals surface area contributed by atoms with Crippen LogP contribution in [0.15, 0.2) is 59.5 Å². The molecule has 0 amide bonds. The van der Waals surface area contributed by atoms with Crippen molar-refractivity contribution in [1.29, 1.82) is 0 Å². The maximum absolute atomic E-state index is 11.0. The number of halogens is 1. The van der Waals surface area contributed by atoms with Crippen molar-refractivity contribution in [3.05, 3.63) is 59.9 Å². The number of hydrogen-bond donors (Lipinski definition) is 2. The lowest BCUT2D eigenvalue weighted by Crippen LogP contribution is -2.02. The summed E-state index contributed by atoms with van der Waals surface area (Å²) in [5, 5.41) is 2.78. The van der Waals surface area contributed by atoms with Crippen molar-refractivity contribution >= 4 is 33.4 Å². The molecule has 0 atom stereocenters. The Morgan fingerprint density at radius 3 is 2.28 bits per heavy atom. The topological polar surface area (TPSA) is 114 Å². The molecule has 0 fully saturated rings. The van der Waals surface area contributed by atoms with Crippen molar-refractivity contribution < 1.29 is 17.7 Å². The molecule has 0 bridgehead atoms. The van der Waals surface area contributed by atoms with Gasteiger partial charge in [0.2, 0.25) is 11.2 Å². The fourth-order valence-corrected chi connectivity index (χ4v) is 2.50. The van der Waals surface area contributed by atoms with Crippen LogP contribution in [0, 0.1) is 0 Å². The zero-order valence-corrected chi connectivity index (χ0v) is 14.1. The van der Waals surface area contributed by atoms with Crippen molar-refractivity contribution in [3.63, 3.8) is 0 Å². The average Bonchev–Trinajstić information content (AvgIpc) is 2.55. The number of nitrogens with one attached hydrogen (secondary N) is 1. The normalized spacial score (nSPS) is 11.1. The molecular formula is C15H11ClN4O4S. The van der Waals surface area contributed by atoms with Crippen molar-refractivity contribution in [2.24, 2.45) is 0 Å². The van der Waals surface area contributed by atoms with Gasteiger partial charge >= 0.3 is 6.01 Å². The summed E-state index contributed by atoms with van der Waals surface area (Å²) < 4.78 is 36.5. The van der Waals surface area contributed by atoms with Gasteiger partial charge in [0.1, 0.15) is 5.75 Å². The zero-order chi connectivity index (χ0) is 17.9. The van der Waals surface area contributed by atoms with Crippen LogP contribution in [0.2, 0.25) is 5.28 Å². The standard InChI is InChI=1S/C15H11ClN4O4S/c16-13-18-14(17-10-6-8-12(9-7-10)25(21,22)23)20-15(19-13)24-11-4-2-1-3-5-11/h1-9H,(H,21,22,23)(H,17,18,19,20). The Morgan fingerprint density at radius 1 is 0.960 bits per heavy atom. The molecule has 0 saturated carbocycles. The predicted octanol–water partition coefficient (Wildman–Crippen LogP) is 3.31. The summed E-state index contributed by atoms with van der Waals surface area (Å²) in [4.78, 5) is 11.7. The summed E-state index contributed by atoms with van der Waals surface area (Å²) in [5.41, 5.74) is 0.486. The van der Waals surface area contributed by atoms with Gasteiger partial charge in [0.15, 0.2) is 0 Å². The van der Waals surface area contributed by atoms with Gasteiger partial charge in [0.05, 0.1) is 4.90 Å². The molecule has 0 spiro atoms. The minimum atomic E-state index is -4.25. The molecule has 10 heteroatoms. The van der Waals surface area contributed by atoms with Crippen molar-refractivity contribution in [2.45, 2.75) is 4.90 Å². The van der Waals surface area contributed by atoms with Gasteiger partial charge < -0.3 is 10.1 Å². The lowest BCUT2D eigenvalue weighted by Gasteiger charge is -2.08. The molecule has 2 N–H and O–H groups in total. The summed E-state index contributed by atoms with van der Waals surface area (Å²) >= 11 is 5.87. The van der Waals surface area contributed by atoms with E-state index in [1.807, 2.05) is 6.07 Å². The van der Waals surface area contributed by atoms with Gasteiger partial charge in [-0.1, -0.05) is 18.2 Å². The molecular weight excluding hydrogens is 368 g/mol. The first-order valence-corrected chi connectivity index (χ1v) is 8.71. The number of para-hydroxylation sites is 1. The molecule has 2 aromatic carbocycles. The van der Waals surface area contributed by atoms with Gasteiger partial charge in [-0.25, -0.2) is 0 Å². The second-order valence-electron chi connectivity index (χ2n) is 4.75. The van der Waals surface area contributed by atoms with Crippen molar-refractivity contribution in [2.75, 3.05) is 5.32 Å². The summed E-state index contributed by atoms with van der Waals surface area (Å²) in [6, 6.07) is 14.3. The highest BCUT2D eigenvalue weighted by Crippen LogP contribution is 2.22. The highest BCUT2D eigenvalue weighted by atomic mass is 35.5. The number of anilines is 2. The number of hydrogen-bond acceptors (Lipinski definition) is 7. The quantitative estimate of drug-likeness (QED) is 0.650. The van der Waals surface area contributed by atoms with E-state index in [1.165, 1.54) is 24.3 Å². The van der Waals surface area contributed by atoms with Crippen LogP contribution in [0.4, 0.5) is 11.6 Å². The monoisotopic (exact) mass is 378 g/mol. The van der Waals surface area contributed by atoms with Gasteiger partial charge in [-0.15, -0.1) is 0 Å². The minimum Gasteiger partial charge on any atom is -0.424 e. The Hall–Kier alpha value is -2.75. The largest absolute Gasteiger partial charge is 0.424 e. The smallest absolute Gasteiger partial charge is 0.328 e. The molecule has 3 aromatic rings. The maximum Gasteiger partial charge on any atom is 0.328 e. The predicted molar refractivity (Wildman–Crippen MR) is 90.9 cm³/mol. The van der Waals surface area contributed by atoms with E-state index in [4.69, 9.17) is 20.9 Å². The van der Waals surface area contributed by atoms with Crippen molar-refractivity contribution in [3.8, 4) is 11.8 Å². The molecule has 0 radical (unpaired) electrons. The Balaban J connectivity index is 1.81. The van der Waals surface area contributed by atoms with Crippen LogP contribution in [0.1, 0.15) is 0 Å². The van der Waals surface area contributed by atoms with Gasteiger partial charge in [-0.2, -0.15) is 23.4 Å². The molecule has 0 unspecified atom stereocenters. The van der Waals surface area contributed by atoms with E-state index in [1.54, 1.807) is 24.3 Å². The van der Waals surface area contributed by atoms with E-state index in [-0.39, 0.29) is 22.1 Å². The third-order valence-corrected chi connectivity index (χ3v) is 3.99. The van der Waals surface area contributed by atoms with Crippen LogP contribution in [0.5, 0.6) is 11.8 Å². The van der Waals surface area contributed by atoms with E-state index >= 15 is 0 Å². The maximum atomic E-state index is 11.0. The first-order chi connectivity index (χ1) is 11.9. The highest BCUT2D eigenvalue weighted by Gasteiger charge is 2.10. The molecule has 1 aromatic heterocycles. The molecule has 1 heterocycles. The van der Waals surface area contributed by atoms with Gasteiger partial charge in [-0.3, -0.25) is 4.55 Å². The summed E-state index contributed by atoms with van der Waals surface area (Å²) in [6.07, 6.45) is 0. The Morgan fingerprint density at radius 2 is 1.64 bits per heavy atom. The van der Waals surface area contributed by atoms with Gasteiger partial charge in [0, 0.05) is 5.69 Å². The second-order valence-corrected chi connectivity index (χ2v) is 6.51.